The van der Waals surface area contributed by atoms with Gasteiger partial charge in [0.25, 0.3) is 0 Å². The zero-order chi connectivity index (χ0) is 24.3. The predicted molar refractivity (Wildman–Crippen MR) is 135 cm³/mol. The predicted octanol–water partition coefficient (Wildman–Crippen LogP) is 4.72. The van der Waals surface area contributed by atoms with Gasteiger partial charge in [-0.25, -0.2) is 9.59 Å². The number of hydrogen-bond acceptors (Lipinski definition) is 4. The van der Waals surface area contributed by atoms with Gasteiger partial charge in [-0.15, -0.1) is 0 Å². The Morgan fingerprint density at radius 2 is 1.62 bits per heavy atom. The Bertz CT molecular complexity index is 1090. The number of benzene rings is 3. The Kier molecular flexibility index (Phi) is 9.38. The highest BCUT2D eigenvalue weighted by Gasteiger charge is 2.23. The molecule has 0 unspecified atom stereocenters. The number of carboxylic acids is 2. The molecule has 0 spiro atoms. The van der Waals surface area contributed by atoms with Crippen LogP contribution in [0, 0.1) is 5.92 Å². The number of carbonyl (C=O) groups is 2. The third kappa shape index (κ3) is 7.83. The van der Waals surface area contributed by atoms with Crippen LogP contribution < -0.4 is 5.32 Å². The van der Waals surface area contributed by atoms with Crippen LogP contribution in [-0.2, 0) is 16.1 Å². The Morgan fingerprint density at radius 3 is 2.32 bits per heavy atom. The third-order valence-corrected chi connectivity index (χ3v) is 5.99. The van der Waals surface area contributed by atoms with E-state index >= 15 is 0 Å². The van der Waals surface area contributed by atoms with E-state index in [1.165, 1.54) is 41.4 Å². The normalized spacial score (nSPS) is 16.8. The van der Waals surface area contributed by atoms with E-state index < -0.39 is 11.9 Å². The molecule has 0 aliphatic carbocycles. The summed E-state index contributed by atoms with van der Waals surface area (Å²) in [6.07, 6.45) is 2.41. The maximum absolute atomic E-state index is 9.55. The number of likely N-dealkylation sites (tertiary alicyclic amines) is 1. The van der Waals surface area contributed by atoms with Crippen LogP contribution in [0.1, 0.15) is 30.5 Å². The molecule has 34 heavy (non-hydrogen) atoms. The van der Waals surface area contributed by atoms with E-state index in [1.807, 2.05) is 0 Å². The Hall–Kier alpha value is -3.48. The molecule has 3 N–H and O–H groups in total. The number of aliphatic carboxylic acids is 2. The molecule has 1 saturated heterocycles. The van der Waals surface area contributed by atoms with Gasteiger partial charge in [0.05, 0.1) is 0 Å². The van der Waals surface area contributed by atoms with Crippen molar-refractivity contribution in [3.63, 3.8) is 0 Å². The number of rotatable bonds is 8. The van der Waals surface area contributed by atoms with Crippen molar-refractivity contribution in [1.29, 1.82) is 0 Å². The molecule has 2 atom stereocenters. The van der Waals surface area contributed by atoms with Gasteiger partial charge in [-0.2, -0.15) is 0 Å². The first kappa shape index (κ1) is 25.1. The van der Waals surface area contributed by atoms with E-state index in [4.69, 9.17) is 10.2 Å². The van der Waals surface area contributed by atoms with Gasteiger partial charge in [0.1, 0.15) is 0 Å². The molecule has 4 rings (SSSR count). The van der Waals surface area contributed by atoms with Crippen molar-refractivity contribution >= 4 is 22.7 Å². The molecule has 6 nitrogen and oxygen atoms in total. The summed E-state index contributed by atoms with van der Waals surface area (Å²) in [5.74, 6) is -1.77. The molecule has 3 aromatic rings. The van der Waals surface area contributed by atoms with Crippen molar-refractivity contribution in [3.8, 4) is 0 Å². The Balaban J connectivity index is 0.000000350. The topological polar surface area (TPSA) is 89.9 Å². The number of carboxylic acid groups (broad SMARTS) is 2. The molecule has 6 heteroatoms. The van der Waals surface area contributed by atoms with Gasteiger partial charge in [-0.05, 0) is 54.3 Å². The lowest BCUT2D eigenvalue weighted by Crippen LogP contribution is -2.28. The first-order valence-corrected chi connectivity index (χ1v) is 11.5. The molecular weight excluding hydrogens is 428 g/mol. The fraction of sp³-hybridized carbons (Fsp3) is 0.286. The molecule has 0 aromatic heterocycles. The Labute approximate surface area is 200 Å². The van der Waals surface area contributed by atoms with Crippen LogP contribution in [-0.4, -0.2) is 46.7 Å². The lowest BCUT2D eigenvalue weighted by atomic mass is 9.99. The smallest absolute Gasteiger partial charge is 0.328 e. The van der Waals surface area contributed by atoms with Crippen LogP contribution in [0.4, 0.5) is 0 Å². The van der Waals surface area contributed by atoms with Gasteiger partial charge < -0.3 is 15.5 Å². The third-order valence-electron chi connectivity index (χ3n) is 5.99. The zero-order valence-corrected chi connectivity index (χ0v) is 19.4. The second-order valence-corrected chi connectivity index (χ2v) is 8.58. The Morgan fingerprint density at radius 1 is 0.971 bits per heavy atom. The van der Waals surface area contributed by atoms with Crippen molar-refractivity contribution < 1.29 is 19.8 Å². The van der Waals surface area contributed by atoms with Crippen molar-refractivity contribution in [2.75, 3.05) is 19.6 Å². The van der Waals surface area contributed by atoms with Crippen molar-refractivity contribution in [2.45, 2.75) is 25.9 Å². The van der Waals surface area contributed by atoms with E-state index in [-0.39, 0.29) is 0 Å². The van der Waals surface area contributed by atoms with Gasteiger partial charge in [-0.3, -0.25) is 4.90 Å². The summed E-state index contributed by atoms with van der Waals surface area (Å²) >= 11 is 0. The molecule has 1 aliphatic rings. The minimum atomic E-state index is -1.26. The summed E-state index contributed by atoms with van der Waals surface area (Å²) in [7, 11) is 0. The van der Waals surface area contributed by atoms with Crippen LogP contribution >= 0.6 is 0 Å². The minimum Gasteiger partial charge on any atom is -0.478 e. The van der Waals surface area contributed by atoms with Gasteiger partial charge >= 0.3 is 11.9 Å². The van der Waals surface area contributed by atoms with Crippen LogP contribution in [0.5, 0.6) is 0 Å². The quantitative estimate of drug-likeness (QED) is 0.421. The number of hydrogen-bond donors (Lipinski definition) is 3. The molecule has 0 amide bonds. The van der Waals surface area contributed by atoms with Crippen LogP contribution in [0.2, 0.25) is 0 Å². The lowest BCUT2D eigenvalue weighted by Gasteiger charge is -2.20. The molecule has 0 bridgehead atoms. The number of fused-ring (bicyclic) bond motifs is 1. The number of nitrogens with one attached hydrogen (secondary N) is 1. The van der Waals surface area contributed by atoms with Gasteiger partial charge in [0.2, 0.25) is 0 Å². The van der Waals surface area contributed by atoms with E-state index in [1.54, 1.807) is 0 Å². The average molecular weight is 461 g/mol. The summed E-state index contributed by atoms with van der Waals surface area (Å²) in [6, 6.07) is 26.5. The highest BCUT2D eigenvalue weighted by molar-refractivity contribution is 5.89. The lowest BCUT2D eigenvalue weighted by molar-refractivity contribution is -0.134. The van der Waals surface area contributed by atoms with Gasteiger partial charge in [-0.1, -0.05) is 72.8 Å². The van der Waals surface area contributed by atoms with Crippen molar-refractivity contribution in [2.24, 2.45) is 5.92 Å². The SMILES string of the molecule is C[C@@H](NC[C@@H]1CCN(Cc2ccccc2)C1)c1cccc2ccccc12.O=C(O)C=CC(=O)O. The van der Waals surface area contributed by atoms with Crippen LogP contribution in [0.15, 0.2) is 84.9 Å². The van der Waals surface area contributed by atoms with Crippen LogP contribution in [0.25, 0.3) is 10.8 Å². The molecule has 178 valence electrons. The van der Waals surface area contributed by atoms with Crippen molar-refractivity contribution in [1.82, 2.24) is 10.2 Å². The fourth-order valence-electron chi connectivity index (χ4n) is 4.29. The standard InChI is InChI=1S/C24H28N2.C4H4O4/c1-19(23-13-7-11-22-10-5-6-12-24(22)23)25-16-21-14-15-26(18-21)17-20-8-3-2-4-9-20;5-3(6)1-2-4(7)8/h2-13,19,21,25H,14-18H2,1H3;1-2H,(H,5,6)(H,7,8)/t19-,21+;/m1./s1. The van der Waals surface area contributed by atoms with E-state index in [2.05, 4.69) is 89.9 Å². The van der Waals surface area contributed by atoms with E-state index in [0.717, 1.165) is 19.0 Å². The van der Waals surface area contributed by atoms with Crippen LogP contribution in [0.3, 0.4) is 0 Å². The van der Waals surface area contributed by atoms with Crippen molar-refractivity contribution in [3.05, 3.63) is 96.1 Å². The molecule has 3 aromatic carbocycles. The highest BCUT2D eigenvalue weighted by atomic mass is 16.4. The molecule has 1 heterocycles. The maximum Gasteiger partial charge on any atom is 0.328 e. The molecule has 1 aliphatic heterocycles. The molecular formula is C28H32N2O4. The monoisotopic (exact) mass is 460 g/mol. The second kappa shape index (κ2) is 12.7. The summed E-state index contributed by atoms with van der Waals surface area (Å²) in [4.78, 5) is 21.7. The fourth-order valence-corrected chi connectivity index (χ4v) is 4.29. The largest absolute Gasteiger partial charge is 0.478 e. The summed E-state index contributed by atoms with van der Waals surface area (Å²) in [6.45, 7) is 6.87. The zero-order valence-electron chi connectivity index (χ0n) is 19.4. The minimum absolute atomic E-state index is 0.379. The average Bonchev–Trinajstić information content (AvgIpc) is 3.29. The molecule has 0 saturated carbocycles. The maximum atomic E-state index is 9.55. The summed E-state index contributed by atoms with van der Waals surface area (Å²) in [5, 5.41) is 22.1. The summed E-state index contributed by atoms with van der Waals surface area (Å²) < 4.78 is 0. The molecule has 0 radical (unpaired) electrons. The highest BCUT2D eigenvalue weighted by Crippen LogP contribution is 2.25. The number of nitrogens with zero attached hydrogens (tertiary/aromatic N) is 1. The summed E-state index contributed by atoms with van der Waals surface area (Å²) in [5.41, 5.74) is 2.83. The first-order chi connectivity index (χ1) is 16.4. The van der Waals surface area contributed by atoms with Gasteiger partial charge in [0.15, 0.2) is 0 Å². The van der Waals surface area contributed by atoms with E-state index in [0.29, 0.717) is 18.2 Å². The van der Waals surface area contributed by atoms with Gasteiger partial charge in [0, 0.05) is 31.3 Å². The second-order valence-electron chi connectivity index (χ2n) is 8.58. The molecule has 1 fully saturated rings. The first-order valence-electron chi connectivity index (χ1n) is 11.5. The van der Waals surface area contributed by atoms with E-state index in [9.17, 15) is 9.59 Å².